The Bertz CT molecular complexity index is 353. The predicted molar refractivity (Wildman–Crippen MR) is 77.1 cm³/mol. The molecule has 18 heavy (non-hydrogen) atoms. The summed E-state index contributed by atoms with van der Waals surface area (Å²) in [6.45, 7) is 6.77. The summed E-state index contributed by atoms with van der Waals surface area (Å²) in [4.78, 5) is 2.47. The molecule has 1 aromatic rings. The van der Waals surface area contributed by atoms with Gasteiger partial charge < -0.3 is 9.64 Å². The minimum absolute atomic E-state index is 0.111. The Kier molecular flexibility index (Phi) is 4.28. The molecule has 1 aliphatic heterocycles. The van der Waals surface area contributed by atoms with Crippen LogP contribution in [0.4, 0.5) is 5.69 Å². The smallest absolute Gasteiger partial charge is 0.0714 e. The third-order valence-corrected chi connectivity index (χ3v) is 4.01. The van der Waals surface area contributed by atoms with Gasteiger partial charge in [0.1, 0.15) is 0 Å². The number of anilines is 1. The SMILES string of the molecule is COC1(CC(C)C)CCN(c2ccccc2)CC1. The lowest BCUT2D eigenvalue weighted by Gasteiger charge is -2.42. The van der Waals surface area contributed by atoms with Crippen LogP contribution in [0.1, 0.15) is 33.1 Å². The maximum Gasteiger partial charge on any atom is 0.0714 e. The van der Waals surface area contributed by atoms with E-state index in [1.807, 2.05) is 7.11 Å². The number of benzene rings is 1. The molecule has 2 heteroatoms. The molecule has 100 valence electrons. The molecule has 2 rings (SSSR count). The molecule has 0 spiro atoms. The van der Waals surface area contributed by atoms with Crippen LogP contribution in [0.15, 0.2) is 30.3 Å². The normalized spacial score (nSPS) is 19.2. The number of hydrogen-bond donors (Lipinski definition) is 0. The average Bonchev–Trinajstić information content (AvgIpc) is 2.40. The second-order valence-corrected chi connectivity index (χ2v) is 5.81. The summed E-state index contributed by atoms with van der Waals surface area (Å²) < 4.78 is 5.85. The van der Waals surface area contributed by atoms with Crippen molar-refractivity contribution in [2.75, 3.05) is 25.1 Å². The second kappa shape index (κ2) is 5.75. The van der Waals surface area contributed by atoms with Gasteiger partial charge in [-0.2, -0.15) is 0 Å². The third-order valence-electron chi connectivity index (χ3n) is 4.01. The van der Waals surface area contributed by atoms with E-state index in [1.165, 1.54) is 12.1 Å². The lowest BCUT2D eigenvalue weighted by molar-refractivity contribution is -0.0444. The molecule has 0 radical (unpaired) electrons. The van der Waals surface area contributed by atoms with Crippen LogP contribution < -0.4 is 4.90 Å². The maximum absolute atomic E-state index is 5.85. The molecule has 0 N–H and O–H groups in total. The molecule has 1 aliphatic rings. The molecule has 0 saturated carbocycles. The van der Waals surface area contributed by atoms with Gasteiger partial charge in [0.25, 0.3) is 0 Å². The Morgan fingerprint density at radius 2 is 1.78 bits per heavy atom. The molecule has 1 aromatic carbocycles. The van der Waals surface area contributed by atoms with Crippen molar-refractivity contribution in [2.45, 2.75) is 38.7 Å². The van der Waals surface area contributed by atoms with Gasteiger partial charge in [-0.3, -0.25) is 0 Å². The Morgan fingerprint density at radius 1 is 1.17 bits per heavy atom. The van der Waals surface area contributed by atoms with Crippen LogP contribution in [0, 0.1) is 5.92 Å². The van der Waals surface area contributed by atoms with Crippen molar-refractivity contribution in [1.29, 1.82) is 0 Å². The van der Waals surface area contributed by atoms with E-state index in [1.54, 1.807) is 0 Å². The van der Waals surface area contributed by atoms with Crippen LogP contribution in [-0.2, 0) is 4.74 Å². The minimum Gasteiger partial charge on any atom is -0.378 e. The molecule has 0 bridgehead atoms. The quantitative estimate of drug-likeness (QED) is 0.804. The lowest BCUT2D eigenvalue weighted by atomic mass is 9.83. The first-order valence-electron chi connectivity index (χ1n) is 7.00. The van der Waals surface area contributed by atoms with Gasteiger partial charge in [0.15, 0.2) is 0 Å². The lowest BCUT2D eigenvalue weighted by Crippen LogP contribution is -2.46. The van der Waals surface area contributed by atoms with Crippen LogP contribution in [0.5, 0.6) is 0 Å². The summed E-state index contributed by atoms with van der Waals surface area (Å²) in [6.07, 6.45) is 3.44. The van der Waals surface area contributed by atoms with Gasteiger partial charge in [-0.1, -0.05) is 32.0 Å². The highest BCUT2D eigenvalue weighted by Gasteiger charge is 2.35. The van der Waals surface area contributed by atoms with Gasteiger partial charge in [-0.05, 0) is 37.3 Å². The zero-order valence-corrected chi connectivity index (χ0v) is 11.9. The zero-order valence-electron chi connectivity index (χ0n) is 11.9. The van der Waals surface area contributed by atoms with E-state index in [0.29, 0.717) is 5.92 Å². The molecule has 1 saturated heterocycles. The first-order chi connectivity index (χ1) is 8.65. The largest absolute Gasteiger partial charge is 0.378 e. The van der Waals surface area contributed by atoms with Crippen molar-refractivity contribution in [3.63, 3.8) is 0 Å². The van der Waals surface area contributed by atoms with Gasteiger partial charge in [0.05, 0.1) is 5.60 Å². The van der Waals surface area contributed by atoms with E-state index in [0.717, 1.165) is 25.9 Å². The predicted octanol–water partition coefficient (Wildman–Crippen LogP) is 3.72. The van der Waals surface area contributed by atoms with Gasteiger partial charge in [-0.15, -0.1) is 0 Å². The van der Waals surface area contributed by atoms with Gasteiger partial charge in [-0.25, -0.2) is 0 Å². The summed E-state index contributed by atoms with van der Waals surface area (Å²) in [5.41, 5.74) is 1.45. The van der Waals surface area contributed by atoms with Crippen molar-refractivity contribution >= 4 is 5.69 Å². The molecule has 0 atom stereocenters. The van der Waals surface area contributed by atoms with Gasteiger partial charge in [0.2, 0.25) is 0 Å². The number of rotatable bonds is 4. The van der Waals surface area contributed by atoms with Crippen LogP contribution in [0.3, 0.4) is 0 Å². The fourth-order valence-corrected chi connectivity index (χ4v) is 3.05. The molecule has 0 aliphatic carbocycles. The number of hydrogen-bond acceptors (Lipinski definition) is 2. The average molecular weight is 247 g/mol. The third kappa shape index (κ3) is 3.05. The summed E-state index contributed by atoms with van der Waals surface area (Å²) in [5.74, 6) is 0.702. The van der Waals surface area contributed by atoms with Crippen molar-refractivity contribution in [1.82, 2.24) is 0 Å². The summed E-state index contributed by atoms with van der Waals surface area (Å²) >= 11 is 0. The second-order valence-electron chi connectivity index (χ2n) is 5.81. The van der Waals surface area contributed by atoms with Crippen LogP contribution >= 0.6 is 0 Å². The fraction of sp³-hybridized carbons (Fsp3) is 0.625. The Hall–Kier alpha value is -1.02. The Labute approximate surface area is 111 Å². The zero-order chi connectivity index (χ0) is 13.0. The molecule has 0 amide bonds. The van der Waals surface area contributed by atoms with Crippen molar-refractivity contribution in [3.05, 3.63) is 30.3 Å². The van der Waals surface area contributed by atoms with Crippen LogP contribution in [-0.4, -0.2) is 25.8 Å². The van der Waals surface area contributed by atoms with E-state index in [9.17, 15) is 0 Å². The number of methoxy groups -OCH3 is 1. The first kappa shape index (κ1) is 13.4. The number of para-hydroxylation sites is 1. The van der Waals surface area contributed by atoms with Gasteiger partial charge in [0, 0.05) is 25.9 Å². The van der Waals surface area contributed by atoms with Crippen LogP contribution in [0.25, 0.3) is 0 Å². The highest BCUT2D eigenvalue weighted by Crippen LogP contribution is 2.33. The van der Waals surface area contributed by atoms with E-state index in [-0.39, 0.29) is 5.60 Å². The first-order valence-corrected chi connectivity index (χ1v) is 7.00. The summed E-state index contributed by atoms with van der Waals surface area (Å²) in [7, 11) is 1.88. The monoisotopic (exact) mass is 247 g/mol. The van der Waals surface area contributed by atoms with Gasteiger partial charge >= 0.3 is 0 Å². The molecular weight excluding hydrogens is 222 g/mol. The molecule has 1 fully saturated rings. The van der Waals surface area contributed by atoms with Crippen molar-refractivity contribution in [2.24, 2.45) is 5.92 Å². The Balaban J connectivity index is 1.98. The minimum atomic E-state index is 0.111. The summed E-state index contributed by atoms with van der Waals surface area (Å²) in [6, 6.07) is 10.7. The van der Waals surface area contributed by atoms with Crippen molar-refractivity contribution in [3.8, 4) is 0 Å². The summed E-state index contributed by atoms with van der Waals surface area (Å²) in [5, 5.41) is 0. The van der Waals surface area contributed by atoms with E-state index in [4.69, 9.17) is 4.74 Å². The molecular formula is C16H25NO. The molecule has 0 aromatic heterocycles. The molecule has 0 unspecified atom stereocenters. The number of piperidine rings is 1. The van der Waals surface area contributed by atoms with E-state index >= 15 is 0 Å². The highest BCUT2D eigenvalue weighted by atomic mass is 16.5. The van der Waals surface area contributed by atoms with Crippen LogP contribution in [0.2, 0.25) is 0 Å². The number of nitrogens with zero attached hydrogens (tertiary/aromatic N) is 1. The van der Waals surface area contributed by atoms with E-state index < -0.39 is 0 Å². The number of ether oxygens (including phenoxy) is 1. The highest BCUT2D eigenvalue weighted by molar-refractivity contribution is 5.46. The van der Waals surface area contributed by atoms with E-state index in [2.05, 4.69) is 49.1 Å². The standard InChI is InChI=1S/C16H25NO/c1-14(2)13-16(18-3)9-11-17(12-10-16)15-7-5-4-6-8-15/h4-8,14H,9-13H2,1-3H3. The Morgan fingerprint density at radius 3 is 2.28 bits per heavy atom. The van der Waals surface area contributed by atoms with Crippen molar-refractivity contribution < 1.29 is 4.74 Å². The molecule has 2 nitrogen and oxygen atoms in total. The molecule has 1 heterocycles. The maximum atomic E-state index is 5.85. The fourth-order valence-electron chi connectivity index (χ4n) is 3.05. The topological polar surface area (TPSA) is 12.5 Å².